The Balaban J connectivity index is 1.34. The van der Waals surface area contributed by atoms with E-state index in [1.807, 2.05) is 25.1 Å². The zero-order chi connectivity index (χ0) is 21.3. The Morgan fingerprint density at radius 3 is 2.20 bits per heavy atom. The molecule has 0 aliphatic carbocycles. The molecule has 1 aliphatic heterocycles. The van der Waals surface area contributed by atoms with Crippen molar-refractivity contribution in [2.75, 3.05) is 33.3 Å². The second kappa shape index (κ2) is 10.5. The third-order valence-corrected chi connectivity index (χ3v) is 4.98. The number of amides is 2. The summed E-state index contributed by atoms with van der Waals surface area (Å²) in [7, 11) is 1.69. The van der Waals surface area contributed by atoms with Crippen LogP contribution < -0.4 is 10.6 Å². The van der Waals surface area contributed by atoms with Crippen molar-refractivity contribution < 1.29 is 14.3 Å². The second-order valence-corrected chi connectivity index (χ2v) is 7.01. The molecule has 7 nitrogen and oxygen atoms in total. The number of guanidine groups is 1. The van der Waals surface area contributed by atoms with Gasteiger partial charge < -0.3 is 15.4 Å². The number of hydrogen-bond donors (Lipinski definition) is 2. The van der Waals surface area contributed by atoms with Gasteiger partial charge >= 0.3 is 0 Å². The van der Waals surface area contributed by atoms with Crippen LogP contribution in [0, 0.1) is 0 Å². The van der Waals surface area contributed by atoms with Crippen LogP contribution in [-0.4, -0.2) is 56.0 Å². The fourth-order valence-electron chi connectivity index (χ4n) is 3.31. The van der Waals surface area contributed by atoms with Crippen molar-refractivity contribution in [3.05, 3.63) is 71.3 Å². The van der Waals surface area contributed by atoms with Gasteiger partial charge in [-0.3, -0.25) is 19.5 Å². The molecule has 1 heterocycles. The first kappa shape index (κ1) is 21.5. The van der Waals surface area contributed by atoms with Gasteiger partial charge in [-0.2, -0.15) is 0 Å². The third-order valence-electron chi connectivity index (χ3n) is 4.98. The molecule has 0 saturated carbocycles. The van der Waals surface area contributed by atoms with Crippen LogP contribution >= 0.6 is 0 Å². The number of carbonyl (C=O) groups excluding carboxylic acids is 2. The Kier molecular flexibility index (Phi) is 7.57. The molecule has 7 heteroatoms. The first-order valence-corrected chi connectivity index (χ1v) is 10.2. The number of nitrogens with zero attached hydrogens (tertiary/aromatic N) is 2. The molecule has 2 aromatic carbocycles. The number of aliphatic imine (C=N–C) groups is 1. The summed E-state index contributed by atoms with van der Waals surface area (Å²) in [5.41, 5.74) is 2.10. The molecule has 0 aromatic heterocycles. The van der Waals surface area contributed by atoms with Gasteiger partial charge in [-0.15, -0.1) is 0 Å². The summed E-state index contributed by atoms with van der Waals surface area (Å²) in [6.07, 6.45) is 0.888. The number of benzene rings is 2. The maximum atomic E-state index is 12.4. The van der Waals surface area contributed by atoms with Crippen molar-refractivity contribution in [2.45, 2.75) is 19.4 Å². The summed E-state index contributed by atoms with van der Waals surface area (Å²) in [6.45, 7) is 4.09. The monoisotopic (exact) mass is 408 g/mol. The predicted molar refractivity (Wildman–Crippen MR) is 117 cm³/mol. The first-order valence-electron chi connectivity index (χ1n) is 10.2. The van der Waals surface area contributed by atoms with Crippen LogP contribution in [0.3, 0.4) is 0 Å². The number of hydrogen-bond acceptors (Lipinski definition) is 4. The Hall–Kier alpha value is -3.19. The largest absolute Gasteiger partial charge is 0.374 e. The van der Waals surface area contributed by atoms with E-state index in [2.05, 4.69) is 27.8 Å². The summed E-state index contributed by atoms with van der Waals surface area (Å²) < 4.78 is 5.86. The van der Waals surface area contributed by atoms with E-state index >= 15 is 0 Å². The van der Waals surface area contributed by atoms with Gasteiger partial charge in [-0.1, -0.05) is 42.5 Å². The number of rotatable bonds is 9. The lowest BCUT2D eigenvalue weighted by Gasteiger charge is -2.17. The molecular formula is C23H28N4O3. The Morgan fingerprint density at radius 2 is 1.57 bits per heavy atom. The Morgan fingerprint density at radius 1 is 0.967 bits per heavy atom. The number of carbonyl (C=O) groups is 2. The number of nitrogens with one attached hydrogen (secondary N) is 2. The lowest BCUT2D eigenvalue weighted by atomic mass is 10.1. The van der Waals surface area contributed by atoms with E-state index in [4.69, 9.17) is 4.74 Å². The van der Waals surface area contributed by atoms with E-state index in [0.29, 0.717) is 36.8 Å². The molecule has 0 radical (unpaired) electrons. The number of imide groups is 1. The van der Waals surface area contributed by atoms with Gasteiger partial charge in [0, 0.05) is 33.3 Å². The van der Waals surface area contributed by atoms with E-state index in [1.165, 1.54) is 4.90 Å². The third kappa shape index (κ3) is 5.24. The lowest BCUT2D eigenvalue weighted by Crippen LogP contribution is -2.43. The molecule has 1 aliphatic rings. The normalized spacial score (nSPS) is 14.6. The van der Waals surface area contributed by atoms with E-state index in [1.54, 1.807) is 31.3 Å². The topological polar surface area (TPSA) is 83.0 Å². The van der Waals surface area contributed by atoms with Crippen LogP contribution in [0.4, 0.5) is 0 Å². The Bertz CT molecular complexity index is 863. The minimum absolute atomic E-state index is 0.0586. The highest BCUT2D eigenvalue weighted by molar-refractivity contribution is 6.21. The molecule has 2 amide bonds. The van der Waals surface area contributed by atoms with Crippen LogP contribution in [0.25, 0.3) is 0 Å². The van der Waals surface area contributed by atoms with Gasteiger partial charge in [0.05, 0.1) is 17.2 Å². The van der Waals surface area contributed by atoms with Crippen LogP contribution in [0.15, 0.2) is 59.6 Å². The molecule has 3 rings (SSSR count). The molecule has 158 valence electrons. The molecule has 0 spiro atoms. The van der Waals surface area contributed by atoms with Gasteiger partial charge in [-0.25, -0.2) is 0 Å². The highest BCUT2D eigenvalue weighted by atomic mass is 16.5. The van der Waals surface area contributed by atoms with E-state index in [-0.39, 0.29) is 24.5 Å². The molecular weight excluding hydrogens is 380 g/mol. The minimum atomic E-state index is -0.245. The highest BCUT2D eigenvalue weighted by Gasteiger charge is 2.34. The quantitative estimate of drug-likeness (QED) is 0.288. The van der Waals surface area contributed by atoms with Crippen molar-refractivity contribution in [1.29, 1.82) is 0 Å². The predicted octanol–water partition coefficient (Wildman–Crippen LogP) is 2.62. The van der Waals surface area contributed by atoms with Crippen LogP contribution in [0.5, 0.6) is 0 Å². The van der Waals surface area contributed by atoms with Gasteiger partial charge in [0.25, 0.3) is 11.8 Å². The smallest absolute Gasteiger partial charge is 0.261 e. The summed E-state index contributed by atoms with van der Waals surface area (Å²) >= 11 is 0. The fourth-order valence-corrected chi connectivity index (χ4v) is 3.31. The molecule has 30 heavy (non-hydrogen) atoms. The van der Waals surface area contributed by atoms with Gasteiger partial charge in [-0.05, 0) is 31.0 Å². The van der Waals surface area contributed by atoms with E-state index in [0.717, 1.165) is 12.0 Å². The summed E-state index contributed by atoms with van der Waals surface area (Å²) in [6, 6.07) is 17.0. The van der Waals surface area contributed by atoms with Gasteiger partial charge in [0.15, 0.2) is 5.96 Å². The molecule has 0 fully saturated rings. The van der Waals surface area contributed by atoms with E-state index in [9.17, 15) is 9.59 Å². The first-order chi connectivity index (χ1) is 14.6. The van der Waals surface area contributed by atoms with Crippen molar-refractivity contribution in [3.8, 4) is 0 Å². The van der Waals surface area contributed by atoms with Crippen molar-refractivity contribution in [1.82, 2.24) is 15.5 Å². The average molecular weight is 409 g/mol. The molecule has 2 N–H and O–H groups in total. The summed E-state index contributed by atoms with van der Waals surface area (Å²) in [5, 5.41) is 6.36. The van der Waals surface area contributed by atoms with Crippen molar-refractivity contribution >= 4 is 17.8 Å². The zero-order valence-electron chi connectivity index (χ0n) is 17.4. The average Bonchev–Trinajstić information content (AvgIpc) is 3.03. The zero-order valence-corrected chi connectivity index (χ0v) is 17.4. The van der Waals surface area contributed by atoms with Gasteiger partial charge in [0.1, 0.15) is 0 Å². The molecule has 0 bridgehead atoms. The molecule has 0 saturated heterocycles. The second-order valence-electron chi connectivity index (χ2n) is 7.01. The molecule has 1 atom stereocenters. The number of ether oxygens (including phenoxy) is 1. The minimum Gasteiger partial charge on any atom is -0.374 e. The van der Waals surface area contributed by atoms with Crippen molar-refractivity contribution in [2.24, 2.45) is 4.99 Å². The molecule has 1 unspecified atom stereocenters. The number of fused-ring (bicyclic) bond motifs is 1. The maximum Gasteiger partial charge on any atom is 0.261 e. The standard InChI is InChI=1S/C23H28N4O3/c1-17(18-9-4-3-5-10-18)30-16-8-13-25-23(24-2)26-14-15-27-21(28)19-11-6-7-12-20(19)22(27)29/h3-7,9-12,17H,8,13-16H2,1-2H3,(H2,24,25,26). The van der Waals surface area contributed by atoms with Gasteiger partial charge in [0.2, 0.25) is 0 Å². The summed E-state index contributed by atoms with van der Waals surface area (Å²) in [5.74, 6) is 0.137. The van der Waals surface area contributed by atoms with Crippen LogP contribution in [0.2, 0.25) is 0 Å². The van der Waals surface area contributed by atoms with Crippen LogP contribution in [0.1, 0.15) is 45.7 Å². The lowest BCUT2D eigenvalue weighted by molar-refractivity contribution is 0.0643. The Labute approximate surface area is 177 Å². The highest BCUT2D eigenvalue weighted by Crippen LogP contribution is 2.21. The fraction of sp³-hybridized carbons (Fsp3) is 0.348. The maximum absolute atomic E-state index is 12.4. The van der Waals surface area contributed by atoms with Crippen molar-refractivity contribution in [3.63, 3.8) is 0 Å². The SMILES string of the molecule is CN=C(NCCCOC(C)c1ccccc1)NCCN1C(=O)c2ccccc2C1=O. The molecule has 2 aromatic rings. The summed E-state index contributed by atoms with van der Waals surface area (Å²) in [4.78, 5) is 30.2. The van der Waals surface area contributed by atoms with Crippen LogP contribution in [-0.2, 0) is 4.74 Å². The van der Waals surface area contributed by atoms with E-state index < -0.39 is 0 Å².